The molecule has 1 aromatic rings. The van der Waals surface area contributed by atoms with Crippen LogP contribution in [0.15, 0.2) is 12.1 Å². The summed E-state index contributed by atoms with van der Waals surface area (Å²) in [6.45, 7) is 5.50. The standard InChI is InChI=1S/C10H12ClFO3Si/c1-16(2,3)15-9-6(10(13)14)4-5-7(11)8(9)12/h4-5H,1-3H3,(H,13,14). The van der Waals surface area contributed by atoms with Crippen LogP contribution in [0.25, 0.3) is 0 Å². The second-order valence-corrected chi connectivity index (χ2v) is 9.09. The van der Waals surface area contributed by atoms with E-state index in [1.165, 1.54) is 12.1 Å². The summed E-state index contributed by atoms with van der Waals surface area (Å²) < 4.78 is 19.1. The summed E-state index contributed by atoms with van der Waals surface area (Å²) in [5.41, 5.74) is -0.204. The summed E-state index contributed by atoms with van der Waals surface area (Å²) in [5, 5.41) is 8.76. The molecule has 0 aliphatic heterocycles. The number of carboxylic acid groups (broad SMARTS) is 1. The van der Waals surface area contributed by atoms with Crippen LogP contribution in [0.2, 0.25) is 24.7 Å². The van der Waals surface area contributed by atoms with E-state index < -0.39 is 20.1 Å². The molecular formula is C10H12ClFO3Si. The van der Waals surface area contributed by atoms with Crippen molar-refractivity contribution in [3.05, 3.63) is 28.5 Å². The van der Waals surface area contributed by atoms with E-state index in [2.05, 4.69) is 0 Å². The minimum absolute atomic E-state index is 0.141. The van der Waals surface area contributed by atoms with Crippen LogP contribution in [0.3, 0.4) is 0 Å². The molecule has 1 aromatic carbocycles. The van der Waals surface area contributed by atoms with Crippen LogP contribution in [0, 0.1) is 5.82 Å². The maximum absolute atomic E-state index is 13.7. The van der Waals surface area contributed by atoms with Crippen LogP contribution in [0.1, 0.15) is 10.4 Å². The van der Waals surface area contributed by atoms with Crippen LogP contribution in [-0.4, -0.2) is 19.4 Å². The SMILES string of the molecule is C[Si](C)(C)Oc1c(C(=O)O)ccc(Cl)c1F. The molecule has 0 saturated heterocycles. The van der Waals surface area contributed by atoms with E-state index in [1.807, 2.05) is 19.6 Å². The van der Waals surface area contributed by atoms with Gasteiger partial charge in [-0.2, -0.15) is 0 Å². The van der Waals surface area contributed by atoms with E-state index in [9.17, 15) is 9.18 Å². The fourth-order valence-corrected chi connectivity index (χ4v) is 2.07. The Bertz CT molecular complexity index is 429. The van der Waals surface area contributed by atoms with Crippen LogP contribution in [-0.2, 0) is 0 Å². The van der Waals surface area contributed by atoms with Crippen molar-refractivity contribution in [2.24, 2.45) is 0 Å². The van der Waals surface area contributed by atoms with E-state index >= 15 is 0 Å². The minimum Gasteiger partial charge on any atom is -0.542 e. The number of aromatic carboxylic acids is 1. The largest absolute Gasteiger partial charge is 0.542 e. The molecule has 0 aliphatic carbocycles. The van der Waals surface area contributed by atoms with Gasteiger partial charge >= 0.3 is 5.97 Å². The van der Waals surface area contributed by atoms with Crippen molar-refractivity contribution >= 4 is 25.9 Å². The number of hydrogen-bond acceptors (Lipinski definition) is 2. The molecule has 6 heteroatoms. The number of carboxylic acids is 1. The lowest BCUT2D eigenvalue weighted by Gasteiger charge is -2.21. The van der Waals surface area contributed by atoms with Gasteiger partial charge in [0.25, 0.3) is 0 Å². The van der Waals surface area contributed by atoms with Gasteiger partial charge in [-0.05, 0) is 31.8 Å². The quantitative estimate of drug-likeness (QED) is 0.850. The Morgan fingerprint density at radius 2 is 2.00 bits per heavy atom. The fraction of sp³-hybridized carbons (Fsp3) is 0.300. The van der Waals surface area contributed by atoms with E-state index in [0.717, 1.165) is 0 Å². The fourth-order valence-electron chi connectivity index (χ4n) is 1.11. The van der Waals surface area contributed by atoms with Gasteiger partial charge in [-0.3, -0.25) is 0 Å². The van der Waals surface area contributed by atoms with Crippen molar-refractivity contribution in [3.8, 4) is 5.75 Å². The first kappa shape index (κ1) is 13.0. The van der Waals surface area contributed by atoms with Gasteiger partial charge < -0.3 is 9.53 Å². The van der Waals surface area contributed by atoms with Gasteiger partial charge in [-0.25, -0.2) is 9.18 Å². The number of hydrogen-bond donors (Lipinski definition) is 1. The highest BCUT2D eigenvalue weighted by Gasteiger charge is 2.24. The zero-order chi connectivity index (χ0) is 12.5. The van der Waals surface area contributed by atoms with Gasteiger partial charge in [-0.1, -0.05) is 11.6 Å². The van der Waals surface area contributed by atoms with Gasteiger partial charge in [0, 0.05) is 0 Å². The van der Waals surface area contributed by atoms with Crippen LogP contribution in [0.5, 0.6) is 5.75 Å². The molecule has 0 amide bonds. The Kier molecular flexibility index (Phi) is 3.60. The van der Waals surface area contributed by atoms with Gasteiger partial charge in [0.15, 0.2) is 11.6 Å². The highest BCUT2D eigenvalue weighted by molar-refractivity contribution is 6.70. The molecule has 0 fully saturated rings. The Balaban J connectivity index is 3.32. The van der Waals surface area contributed by atoms with Crippen molar-refractivity contribution in [3.63, 3.8) is 0 Å². The molecule has 0 atom stereocenters. The molecule has 0 bridgehead atoms. The van der Waals surface area contributed by atoms with E-state index in [-0.39, 0.29) is 16.3 Å². The molecular weight excluding hydrogens is 251 g/mol. The highest BCUT2D eigenvalue weighted by Crippen LogP contribution is 2.30. The first-order chi connectivity index (χ1) is 7.22. The van der Waals surface area contributed by atoms with Gasteiger partial charge in [0.05, 0.1) is 5.02 Å². The average molecular weight is 263 g/mol. The molecule has 0 radical (unpaired) electrons. The molecule has 0 aromatic heterocycles. The van der Waals surface area contributed by atoms with Gasteiger partial charge in [-0.15, -0.1) is 0 Å². The third kappa shape index (κ3) is 2.96. The molecule has 0 aliphatic rings. The van der Waals surface area contributed by atoms with Gasteiger partial charge in [0.2, 0.25) is 8.32 Å². The second-order valence-electron chi connectivity index (χ2n) is 4.26. The summed E-state index contributed by atoms with van der Waals surface area (Å²) in [6, 6.07) is 2.45. The third-order valence-electron chi connectivity index (χ3n) is 1.69. The van der Waals surface area contributed by atoms with Gasteiger partial charge in [0.1, 0.15) is 5.56 Å². The van der Waals surface area contributed by atoms with E-state index in [0.29, 0.717) is 0 Å². The molecule has 1 rings (SSSR count). The van der Waals surface area contributed by atoms with Crippen LogP contribution < -0.4 is 4.43 Å². The molecule has 3 nitrogen and oxygen atoms in total. The van der Waals surface area contributed by atoms with Crippen molar-refractivity contribution in [1.82, 2.24) is 0 Å². The highest BCUT2D eigenvalue weighted by atomic mass is 35.5. The predicted molar refractivity (Wildman–Crippen MR) is 62.3 cm³/mol. The minimum atomic E-state index is -2.09. The lowest BCUT2D eigenvalue weighted by Crippen LogP contribution is -2.30. The smallest absolute Gasteiger partial charge is 0.339 e. The summed E-state index contributed by atoms with van der Waals surface area (Å²) in [6.07, 6.45) is 0. The van der Waals surface area contributed by atoms with Crippen molar-refractivity contribution in [1.29, 1.82) is 0 Å². The molecule has 0 unspecified atom stereocenters. The summed E-state index contributed by atoms with van der Waals surface area (Å²) in [5.74, 6) is -2.31. The lowest BCUT2D eigenvalue weighted by molar-refractivity contribution is 0.0694. The van der Waals surface area contributed by atoms with Crippen LogP contribution in [0.4, 0.5) is 4.39 Å². The topological polar surface area (TPSA) is 46.5 Å². The molecule has 0 heterocycles. The molecule has 16 heavy (non-hydrogen) atoms. The first-order valence-corrected chi connectivity index (χ1v) is 8.41. The third-order valence-corrected chi connectivity index (χ3v) is 2.80. The van der Waals surface area contributed by atoms with Crippen molar-refractivity contribution < 1.29 is 18.7 Å². The Hall–Kier alpha value is -1.07. The zero-order valence-electron chi connectivity index (χ0n) is 9.17. The monoisotopic (exact) mass is 262 g/mol. The number of halogens is 2. The number of rotatable bonds is 3. The summed E-state index contributed by atoms with van der Waals surface area (Å²) in [4.78, 5) is 10.9. The Morgan fingerprint density at radius 1 is 1.44 bits per heavy atom. The predicted octanol–water partition coefficient (Wildman–Crippen LogP) is 3.39. The Labute approximate surface area is 98.9 Å². The molecule has 88 valence electrons. The number of carbonyl (C=O) groups is 1. The second kappa shape index (κ2) is 4.43. The average Bonchev–Trinajstić information content (AvgIpc) is 2.10. The lowest BCUT2D eigenvalue weighted by atomic mass is 10.2. The maximum atomic E-state index is 13.7. The van der Waals surface area contributed by atoms with E-state index in [1.54, 1.807) is 0 Å². The van der Waals surface area contributed by atoms with E-state index in [4.69, 9.17) is 21.1 Å². The Morgan fingerprint density at radius 3 is 2.44 bits per heavy atom. The number of benzene rings is 1. The van der Waals surface area contributed by atoms with Crippen molar-refractivity contribution in [2.75, 3.05) is 0 Å². The molecule has 1 N–H and O–H groups in total. The zero-order valence-corrected chi connectivity index (χ0v) is 10.9. The molecule has 0 spiro atoms. The maximum Gasteiger partial charge on any atom is 0.339 e. The summed E-state index contributed by atoms with van der Waals surface area (Å²) in [7, 11) is -2.09. The van der Waals surface area contributed by atoms with Crippen LogP contribution >= 0.6 is 11.6 Å². The summed E-state index contributed by atoms with van der Waals surface area (Å²) >= 11 is 5.59. The molecule has 0 saturated carbocycles. The normalized spacial score (nSPS) is 11.3. The van der Waals surface area contributed by atoms with Crippen molar-refractivity contribution in [2.45, 2.75) is 19.6 Å². The first-order valence-electron chi connectivity index (χ1n) is 4.62.